The molecule has 168 valence electrons. The maximum Gasteiger partial charge on any atom is 0.416 e. The minimum atomic E-state index is -4.41. The van der Waals surface area contributed by atoms with Crippen LogP contribution in [-0.2, 0) is 13.2 Å². The maximum atomic E-state index is 13.0. The van der Waals surface area contributed by atoms with Crippen molar-refractivity contribution < 1.29 is 23.1 Å². The van der Waals surface area contributed by atoms with E-state index in [9.17, 15) is 18.0 Å². The van der Waals surface area contributed by atoms with Gasteiger partial charge in [0.2, 0.25) is 5.95 Å². The highest BCUT2D eigenvalue weighted by Gasteiger charge is 2.30. The fraction of sp³-hybridized carbons (Fsp3) is 0.318. The lowest BCUT2D eigenvalue weighted by atomic mass is 10.0. The minimum absolute atomic E-state index is 0.0247. The molecule has 0 saturated carbocycles. The highest BCUT2D eigenvalue weighted by Crippen LogP contribution is 2.35. The zero-order chi connectivity index (χ0) is 22.9. The number of fused-ring (bicyclic) bond motifs is 2. The second-order valence-corrected chi connectivity index (χ2v) is 8.51. The Labute approximate surface area is 185 Å². The number of alkyl halides is 3. The number of Topliss-reactive ketones (excluding diaryl/α,β-unsaturated/α-hetero) is 1. The molecule has 0 saturated heterocycles. The van der Waals surface area contributed by atoms with E-state index in [0.717, 1.165) is 41.8 Å². The van der Waals surface area contributed by atoms with Crippen LogP contribution >= 0.6 is 11.3 Å². The molecule has 2 heterocycles. The molecule has 0 bridgehead atoms. The van der Waals surface area contributed by atoms with Gasteiger partial charge in [-0.15, -0.1) is 0 Å². The Morgan fingerprint density at radius 3 is 2.66 bits per heavy atom. The summed E-state index contributed by atoms with van der Waals surface area (Å²) < 4.78 is 41.1. The molecule has 0 radical (unpaired) electrons. The number of nitrogens with one attached hydrogen (secondary N) is 1. The number of carbonyl (C=O) groups excluding carboxylic acids is 1. The molecule has 0 fully saturated rings. The van der Waals surface area contributed by atoms with Gasteiger partial charge in [0, 0.05) is 25.6 Å². The molecule has 4 rings (SSSR count). The van der Waals surface area contributed by atoms with Gasteiger partial charge in [0.05, 0.1) is 26.8 Å². The molecule has 0 spiro atoms. The van der Waals surface area contributed by atoms with Crippen molar-refractivity contribution in [2.24, 2.45) is 7.05 Å². The highest BCUT2D eigenvalue weighted by molar-refractivity contribution is 7.22. The summed E-state index contributed by atoms with van der Waals surface area (Å²) in [6.45, 7) is 0.127. The van der Waals surface area contributed by atoms with Crippen LogP contribution in [0.4, 0.5) is 24.3 Å². The van der Waals surface area contributed by atoms with E-state index >= 15 is 0 Å². The molecule has 4 aromatic rings. The number of imidazole rings is 1. The fourth-order valence-corrected chi connectivity index (χ4v) is 4.35. The van der Waals surface area contributed by atoms with Crippen LogP contribution in [0.15, 0.2) is 36.4 Å². The van der Waals surface area contributed by atoms with Crippen molar-refractivity contribution >= 4 is 49.4 Å². The number of nitrogens with zero attached hydrogens (tertiary/aromatic N) is 3. The van der Waals surface area contributed by atoms with Crippen molar-refractivity contribution in [1.29, 1.82) is 0 Å². The average molecular weight is 462 g/mol. The molecular weight excluding hydrogens is 441 g/mol. The molecule has 6 nitrogen and oxygen atoms in total. The number of halogens is 3. The van der Waals surface area contributed by atoms with Gasteiger partial charge in [-0.3, -0.25) is 4.79 Å². The monoisotopic (exact) mass is 462 g/mol. The largest absolute Gasteiger partial charge is 0.416 e. The molecule has 0 aliphatic rings. The first-order valence-electron chi connectivity index (χ1n) is 10.1. The Bertz CT molecular complexity index is 1280. The summed E-state index contributed by atoms with van der Waals surface area (Å²) in [6.07, 6.45) is -1.79. The first kappa shape index (κ1) is 22.2. The Morgan fingerprint density at radius 2 is 1.91 bits per heavy atom. The van der Waals surface area contributed by atoms with Crippen LogP contribution in [0.2, 0.25) is 0 Å². The van der Waals surface area contributed by atoms with E-state index in [1.54, 1.807) is 16.7 Å². The molecule has 32 heavy (non-hydrogen) atoms. The lowest BCUT2D eigenvalue weighted by molar-refractivity contribution is -0.137. The van der Waals surface area contributed by atoms with Crippen molar-refractivity contribution in [3.8, 4) is 0 Å². The number of anilines is 2. The van der Waals surface area contributed by atoms with Gasteiger partial charge in [-0.1, -0.05) is 17.8 Å². The van der Waals surface area contributed by atoms with Gasteiger partial charge in [-0.05, 0) is 49.2 Å². The van der Waals surface area contributed by atoms with E-state index in [-0.39, 0.29) is 12.4 Å². The number of thiazole rings is 1. The number of aryl methyl sites for hydroxylation is 1. The molecule has 2 aromatic heterocycles. The number of rotatable bonds is 8. The van der Waals surface area contributed by atoms with Crippen molar-refractivity contribution in [2.75, 3.05) is 11.9 Å². The van der Waals surface area contributed by atoms with Crippen LogP contribution in [0, 0.1) is 0 Å². The van der Waals surface area contributed by atoms with Crippen LogP contribution < -0.4 is 5.32 Å². The number of hydrogen-bond acceptors (Lipinski definition) is 6. The Kier molecular flexibility index (Phi) is 6.16. The van der Waals surface area contributed by atoms with Crippen molar-refractivity contribution in [3.05, 3.63) is 47.5 Å². The Hall–Kier alpha value is -2.98. The number of ketones is 1. The van der Waals surface area contributed by atoms with Crippen LogP contribution in [0.3, 0.4) is 0 Å². The van der Waals surface area contributed by atoms with Crippen molar-refractivity contribution in [1.82, 2.24) is 14.5 Å². The topological polar surface area (TPSA) is 80.0 Å². The van der Waals surface area contributed by atoms with E-state index in [4.69, 9.17) is 5.11 Å². The van der Waals surface area contributed by atoms with Crippen LogP contribution in [-0.4, -0.2) is 32.0 Å². The molecule has 0 amide bonds. The number of carbonyl (C=O) groups is 1. The van der Waals surface area contributed by atoms with E-state index in [1.165, 1.54) is 6.07 Å². The molecule has 0 aliphatic heterocycles. The van der Waals surface area contributed by atoms with Crippen molar-refractivity contribution in [3.63, 3.8) is 0 Å². The summed E-state index contributed by atoms with van der Waals surface area (Å²) in [5, 5.41) is 12.3. The summed E-state index contributed by atoms with van der Waals surface area (Å²) in [5.41, 5.74) is 1.78. The number of aliphatic hydroxyl groups excluding tert-OH is 1. The Balaban J connectivity index is 1.55. The molecule has 0 atom stereocenters. The van der Waals surface area contributed by atoms with Gasteiger partial charge in [0.25, 0.3) is 0 Å². The highest BCUT2D eigenvalue weighted by atomic mass is 32.1. The van der Waals surface area contributed by atoms with E-state index < -0.39 is 11.7 Å². The van der Waals surface area contributed by atoms with Gasteiger partial charge < -0.3 is 15.0 Å². The summed E-state index contributed by atoms with van der Waals surface area (Å²) in [5.74, 6) is 0.499. The third-order valence-corrected chi connectivity index (χ3v) is 6.13. The lowest BCUT2D eigenvalue weighted by Crippen LogP contribution is -2.03. The van der Waals surface area contributed by atoms with Gasteiger partial charge in [-0.2, -0.15) is 13.2 Å². The minimum Gasteiger partial charge on any atom is -0.396 e. The number of aromatic nitrogens is 3. The van der Waals surface area contributed by atoms with E-state index in [1.807, 2.05) is 13.1 Å². The predicted octanol–water partition coefficient (Wildman–Crippen LogP) is 5.68. The SMILES string of the molecule is Cn1c(Nc2nc3ccc(C(F)(F)F)cc3s2)nc2cc(C(=O)CCCCCO)ccc21. The maximum absolute atomic E-state index is 13.0. The summed E-state index contributed by atoms with van der Waals surface area (Å²) in [7, 11) is 1.81. The number of benzene rings is 2. The molecule has 10 heteroatoms. The second-order valence-electron chi connectivity index (χ2n) is 7.48. The van der Waals surface area contributed by atoms with Gasteiger partial charge >= 0.3 is 6.18 Å². The van der Waals surface area contributed by atoms with Crippen LogP contribution in [0.25, 0.3) is 21.3 Å². The second kappa shape index (κ2) is 8.87. The van der Waals surface area contributed by atoms with Crippen molar-refractivity contribution in [2.45, 2.75) is 31.9 Å². The molecule has 0 aliphatic carbocycles. The number of unbranched alkanes of at least 4 members (excludes halogenated alkanes) is 2. The predicted molar refractivity (Wildman–Crippen MR) is 119 cm³/mol. The third kappa shape index (κ3) is 4.61. The number of hydrogen-bond donors (Lipinski definition) is 2. The molecule has 2 N–H and O–H groups in total. The van der Waals surface area contributed by atoms with Gasteiger partial charge in [0.1, 0.15) is 0 Å². The standard InChI is InChI=1S/C22H21F3N4O2S/c1-29-17-9-6-13(18(31)5-3-2-4-10-30)11-16(17)26-20(29)28-21-27-15-8-7-14(22(23,24)25)12-19(15)32-21/h6-9,11-12,30H,2-5,10H2,1H3,(H,26,27,28). The van der Waals surface area contributed by atoms with Gasteiger partial charge in [-0.25, -0.2) is 9.97 Å². The molecular formula is C22H21F3N4O2S. The summed E-state index contributed by atoms with van der Waals surface area (Å²) >= 11 is 1.11. The first-order valence-corrected chi connectivity index (χ1v) is 10.9. The molecule has 0 unspecified atom stereocenters. The first-order chi connectivity index (χ1) is 15.3. The number of aliphatic hydroxyl groups is 1. The van der Waals surface area contributed by atoms with Gasteiger partial charge in [0.15, 0.2) is 10.9 Å². The summed E-state index contributed by atoms with van der Waals surface area (Å²) in [4.78, 5) is 21.3. The molecule has 2 aromatic carbocycles. The Morgan fingerprint density at radius 1 is 1.09 bits per heavy atom. The smallest absolute Gasteiger partial charge is 0.396 e. The lowest BCUT2D eigenvalue weighted by Gasteiger charge is -2.04. The summed E-state index contributed by atoms with van der Waals surface area (Å²) in [6, 6.07) is 8.78. The quantitative estimate of drug-likeness (QED) is 0.260. The average Bonchev–Trinajstić information content (AvgIpc) is 3.30. The van der Waals surface area contributed by atoms with Crippen LogP contribution in [0.1, 0.15) is 41.6 Å². The van der Waals surface area contributed by atoms with E-state index in [2.05, 4.69) is 15.3 Å². The third-order valence-electron chi connectivity index (χ3n) is 5.20. The van der Waals surface area contributed by atoms with E-state index in [0.29, 0.717) is 45.2 Å². The van der Waals surface area contributed by atoms with Crippen LogP contribution in [0.5, 0.6) is 0 Å². The normalized spacial score (nSPS) is 12.0. The zero-order valence-corrected chi connectivity index (χ0v) is 18.1. The fourth-order valence-electron chi connectivity index (χ4n) is 3.45. The zero-order valence-electron chi connectivity index (χ0n) is 17.2.